The van der Waals surface area contributed by atoms with E-state index in [9.17, 15) is 5.11 Å². The summed E-state index contributed by atoms with van der Waals surface area (Å²) in [4.78, 5) is 0. The molecule has 3 rings (SSSR count). The summed E-state index contributed by atoms with van der Waals surface area (Å²) in [6.07, 6.45) is 0. The molecule has 1 aliphatic heterocycles. The highest BCUT2D eigenvalue weighted by atomic mass is 16.7. The Morgan fingerprint density at radius 2 is 1.68 bits per heavy atom. The minimum absolute atomic E-state index is 0.244. The Hall–Kier alpha value is -1.98. The summed E-state index contributed by atoms with van der Waals surface area (Å²) in [5, 5.41) is 9.52. The molecular formula is C20H25BO4. The van der Waals surface area contributed by atoms with Gasteiger partial charge in [0.1, 0.15) is 18.1 Å². The molecule has 0 aliphatic carbocycles. The lowest BCUT2D eigenvalue weighted by Crippen LogP contribution is -2.41. The predicted octanol–water partition coefficient (Wildman–Crippen LogP) is 3.58. The Bertz CT molecular complexity index is 754. The van der Waals surface area contributed by atoms with Crippen LogP contribution in [0.2, 0.25) is 0 Å². The second-order valence-corrected chi connectivity index (χ2v) is 7.57. The standard InChI is InChI=1S/C20H25BO4/c1-14-11-16(21-24-19(2,3)20(4,5)25-21)9-10-18(14)23-13-15-7-6-8-17(22)12-15/h6-12,22H,13H2,1-5H3. The molecule has 1 fully saturated rings. The van der Waals surface area contributed by atoms with Gasteiger partial charge in [0.15, 0.2) is 0 Å². The molecule has 132 valence electrons. The summed E-state index contributed by atoms with van der Waals surface area (Å²) < 4.78 is 18.1. The first-order chi connectivity index (χ1) is 11.7. The third kappa shape index (κ3) is 3.67. The molecule has 4 nitrogen and oxygen atoms in total. The molecular weight excluding hydrogens is 315 g/mol. The van der Waals surface area contributed by atoms with E-state index < -0.39 is 0 Å². The van der Waals surface area contributed by atoms with Gasteiger partial charge in [-0.15, -0.1) is 0 Å². The van der Waals surface area contributed by atoms with Gasteiger partial charge in [0.2, 0.25) is 0 Å². The summed E-state index contributed by atoms with van der Waals surface area (Å²) in [7, 11) is -0.371. The molecule has 0 aromatic heterocycles. The van der Waals surface area contributed by atoms with Crippen LogP contribution in [0.15, 0.2) is 42.5 Å². The number of rotatable bonds is 4. The normalized spacial score (nSPS) is 18.4. The summed E-state index contributed by atoms with van der Waals surface area (Å²) in [5.41, 5.74) is 2.23. The smallest absolute Gasteiger partial charge is 0.494 e. The fourth-order valence-electron chi connectivity index (χ4n) is 2.77. The molecule has 1 aliphatic rings. The molecule has 0 radical (unpaired) electrons. The fraction of sp³-hybridized carbons (Fsp3) is 0.400. The lowest BCUT2D eigenvalue weighted by atomic mass is 9.78. The summed E-state index contributed by atoms with van der Waals surface area (Å²) in [5.74, 6) is 1.05. The van der Waals surface area contributed by atoms with Gasteiger partial charge in [-0.05, 0) is 69.4 Å². The van der Waals surface area contributed by atoms with Gasteiger partial charge < -0.3 is 19.2 Å². The van der Waals surface area contributed by atoms with Crippen LogP contribution in [-0.4, -0.2) is 23.4 Å². The highest BCUT2D eigenvalue weighted by Gasteiger charge is 2.51. The van der Waals surface area contributed by atoms with Crippen molar-refractivity contribution < 1.29 is 19.2 Å². The summed E-state index contributed by atoms with van der Waals surface area (Å²) in [6, 6.07) is 13.0. The van der Waals surface area contributed by atoms with Gasteiger partial charge in [0.25, 0.3) is 0 Å². The van der Waals surface area contributed by atoms with Crippen LogP contribution < -0.4 is 10.2 Å². The maximum Gasteiger partial charge on any atom is 0.494 e. The van der Waals surface area contributed by atoms with Crippen molar-refractivity contribution in [2.45, 2.75) is 52.4 Å². The molecule has 0 amide bonds. The van der Waals surface area contributed by atoms with E-state index in [0.29, 0.717) is 6.61 Å². The van der Waals surface area contributed by atoms with Crippen molar-refractivity contribution in [3.63, 3.8) is 0 Å². The Labute approximate surface area is 149 Å². The summed E-state index contributed by atoms with van der Waals surface area (Å²) >= 11 is 0. The molecule has 2 aromatic carbocycles. The number of benzene rings is 2. The van der Waals surface area contributed by atoms with Crippen LogP contribution in [0.4, 0.5) is 0 Å². The van der Waals surface area contributed by atoms with E-state index in [4.69, 9.17) is 14.0 Å². The first-order valence-electron chi connectivity index (χ1n) is 8.55. The van der Waals surface area contributed by atoms with Crippen LogP contribution in [0, 0.1) is 6.92 Å². The van der Waals surface area contributed by atoms with Crippen molar-refractivity contribution in [2.75, 3.05) is 0 Å². The van der Waals surface area contributed by atoms with Gasteiger partial charge in [0, 0.05) is 0 Å². The Morgan fingerprint density at radius 1 is 1.00 bits per heavy atom. The van der Waals surface area contributed by atoms with Gasteiger partial charge in [-0.3, -0.25) is 0 Å². The van der Waals surface area contributed by atoms with E-state index >= 15 is 0 Å². The van der Waals surface area contributed by atoms with Gasteiger partial charge in [-0.25, -0.2) is 0 Å². The first-order valence-corrected chi connectivity index (χ1v) is 8.55. The van der Waals surface area contributed by atoms with E-state index in [0.717, 1.165) is 22.3 Å². The zero-order valence-corrected chi connectivity index (χ0v) is 15.5. The Morgan fingerprint density at radius 3 is 2.28 bits per heavy atom. The van der Waals surface area contributed by atoms with Gasteiger partial charge in [0.05, 0.1) is 11.2 Å². The van der Waals surface area contributed by atoms with E-state index in [1.54, 1.807) is 12.1 Å². The molecule has 25 heavy (non-hydrogen) atoms. The molecule has 0 unspecified atom stereocenters. The van der Waals surface area contributed by atoms with E-state index in [2.05, 4.69) is 0 Å². The molecule has 0 saturated carbocycles. The molecule has 0 atom stereocenters. The van der Waals surface area contributed by atoms with Crippen molar-refractivity contribution in [2.24, 2.45) is 0 Å². The number of ether oxygens (including phenoxy) is 1. The molecule has 0 bridgehead atoms. The van der Waals surface area contributed by atoms with Crippen LogP contribution in [0.3, 0.4) is 0 Å². The van der Waals surface area contributed by atoms with Gasteiger partial charge in [-0.1, -0.05) is 24.3 Å². The predicted molar refractivity (Wildman–Crippen MR) is 99.3 cm³/mol. The largest absolute Gasteiger partial charge is 0.508 e. The van der Waals surface area contributed by atoms with Crippen molar-refractivity contribution in [1.82, 2.24) is 0 Å². The zero-order valence-electron chi connectivity index (χ0n) is 15.5. The lowest BCUT2D eigenvalue weighted by molar-refractivity contribution is 0.00578. The van der Waals surface area contributed by atoms with Crippen molar-refractivity contribution in [3.05, 3.63) is 53.6 Å². The molecule has 1 N–H and O–H groups in total. The van der Waals surface area contributed by atoms with Crippen molar-refractivity contribution in [1.29, 1.82) is 0 Å². The monoisotopic (exact) mass is 340 g/mol. The van der Waals surface area contributed by atoms with Gasteiger partial charge in [-0.2, -0.15) is 0 Å². The third-order valence-corrected chi connectivity index (χ3v) is 5.03. The number of phenolic OH excluding ortho intramolecular Hbond substituents is 1. The Kier molecular flexibility index (Phi) is 4.56. The number of aryl methyl sites for hydroxylation is 1. The second-order valence-electron chi connectivity index (χ2n) is 7.57. The molecule has 1 heterocycles. The fourth-order valence-corrected chi connectivity index (χ4v) is 2.77. The maximum absolute atomic E-state index is 9.52. The molecule has 2 aromatic rings. The van der Waals surface area contributed by atoms with Gasteiger partial charge >= 0.3 is 7.12 Å². The quantitative estimate of drug-likeness (QED) is 0.865. The van der Waals surface area contributed by atoms with Crippen LogP contribution in [0.25, 0.3) is 0 Å². The van der Waals surface area contributed by atoms with Crippen LogP contribution >= 0.6 is 0 Å². The van der Waals surface area contributed by atoms with E-state index in [-0.39, 0.29) is 24.1 Å². The Balaban J connectivity index is 1.71. The van der Waals surface area contributed by atoms with E-state index in [1.165, 1.54) is 0 Å². The average Bonchev–Trinajstić information content (AvgIpc) is 2.74. The average molecular weight is 340 g/mol. The molecule has 5 heteroatoms. The minimum atomic E-state index is -0.371. The minimum Gasteiger partial charge on any atom is -0.508 e. The maximum atomic E-state index is 9.52. The number of phenols is 1. The third-order valence-electron chi connectivity index (χ3n) is 5.03. The first kappa shape index (κ1) is 17.8. The van der Waals surface area contributed by atoms with Crippen LogP contribution in [0.5, 0.6) is 11.5 Å². The highest BCUT2D eigenvalue weighted by molar-refractivity contribution is 6.62. The summed E-state index contributed by atoms with van der Waals surface area (Å²) in [6.45, 7) is 10.6. The number of aromatic hydroxyl groups is 1. The SMILES string of the molecule is Cc1cc(B2OC(C)(C)C(C)(C)O2)ccc1OCc1cccc(O)c1. The molecule has 0 spiro atoms. The van der Waals surface area contributed by atoms with Crippen LogP contribution in [-0.2, 0) is 15.9 Å². The zero-order chi connectivity index (χ0) is 18.2. The number of hydrogen-bond donors (Lipinski definition) is 1. The molecule has 1 saturated heterocycles. The highest BCUT2D eigenvalue weighted by Crippen LogP contribution is 2.36. The van der Waals surface area contributed by atoms with Crippen LogP contribution in [0.1, 0.15) is 38.8 Å². The topological polar surface area (TPSA) is 47.9 Å². The van der Waals surface area contributed by atoms with Crippen molar-refractivity contribution >= 4 is 12.6 Å². The number of hydrogen-bond acceptors (Lipinski definition) is 4. The lowest BCUT2D eigenvalue weighted by Gasteiger charge is -2.32. The second kappa shape index (κ2) is 6.39. The van der Waals surface area contributed by atoms with E-state index in [1.807, 2.05) is 65.0 Å². The van der Waals surface area contributed by atoms with Crippen molar-refractivity contribution in [3.8, 4) is 11.5 Å².